The number of carboxylic acids is 1. The van der Waals surface area contributed by atoms with Crippen LogP contribution in [0.5, 0.6) is 0 Å². The molecule has 100 valence electrons. The Morgan fingerprint density at radius 1 is 1.44 bits per heavy atom. The zero-order valence-electron chi connectivity index (χ0n) is 10.9. The van der Waals surface area contributed by atoms with Gasteiger partial charge in [-0.1, -0.05) is 6.92 Å². The molecule has 0 bridgehead atoms. The van der Waals surface area contributed by atoms with Crippen molar-refractivity contribution >= 4 is 23.2 Å². The van der Waals surface area contributed by atoms with Gasteiger partial charge in [0.25, 0.3) is 0 Å². The Kier molecular flexibility index (Phi) is 5.34. The maximum Gasteiger partial charge on any atom is 0.323 e. The molecule has 0 fully saturated rings. The molecule has 0 saturated carbocycles. The number of aliphatic carboxylic acids is 1. The molecule has 1 N–H and O–H groups in total. The minimum atomic E-state index is -0.971. The Labute approximate surface area is 111 Å². The second-order valence-electron chi connectivity index (χ2n) is 4.40. The Morgan fingerprint density at radius 2 is 2.11 bits per heavy atom. The molecule has 1 rings (SSSR count). The highest BCUT2D eigenvalue weighted by atomic mass is 32.1. The third-order valence-corrected chi connectivity index (χ3v) is 3.83. The van der Waals surface area contributed by atoms with Crippen LogP contribution < -0.4 is 0 Å². The Balaban J connectivity index is 2.84. The molecule has 0 aromatic carbocycles. The maximum absolute atomic E-state index is 12.3. The SMILES string of the molecule is CC[C@@H](C)N(CC(=O)O)C(=O)[C@@H](C)c1ccsc1. The molecule has 0 aliphatic rings. The summed E-state index contributed by atoms with van der Waals surface area (Å²) in [6.45, 7) is 5.41. The number of carboxylic acid groups (broad SMARTS) is 1. The number of hydrogen-bond donors (Lipinski definition) is 1. The third kappa shape index (κ3) is 3.57. The third-order valence-electron chi connectivity index (χ3n) is 3.13. The first-order valence-electron chi connectivity index (χ1n) is 6.01. The molecule has 0 radical (unpaired) electrons. The molecule has 5 heteroatoms. The summed E-state index contributed by atoms with van der Waals surface area (Å²) in [6, 6.07) is 1.85. The number of amides is 1. The quantitative estimate of drug-likeness (QED) is 0.863. The monoisotopic (exact) mass is 269 g/mol. The topological polar surface area (TPSA) is 57.6 Å². The number of rotatable bonds is 6. The fraction of sp³-hybridized carbons (Fsp3) is 0.538. The fourth-order valence-corrected chi connectivity index (χ4v) is 2.48. The molecule has 1 aromatic rings. The van der Waals surface area contributed by atoms with E-state index in [0.29, 0.717) is 0 Å². The van der Waals surface area contributed by atoms with Gasteiger partial charge in [0.15, 0.2) is 0 Å². The first kappa shape index (κ1) is 14.7. The molecule has 0 saturated heterocycles. The lowest BCUT2D eigenvalue weighted by atomic mass is 10.0. The summed E-state index contributed by atoms with van der Waals surface area (Å²) in [5, 5.41) is 12.7. The van der Waals surface area contributed by atoms with Gasteiger partial charge in [-0.2, -0.15) is 11.3 Å². The molecule has 1 aromatic heterocycles. The predicted molar refractivity (Wildman–Crippen MR) is 71.8 cm³/mol. The van der Waals surface area contributed by atoms with Gasteiger partial charge in [0.1, 0.15) is 6.54 Å². The van der Waals surface area contributed by atoms with E-state index in [1.807, 2.05) is 37.6 Å². The average Bonchev–Trinajstić information content (AvgIpc) is 2.86. The van der Waals surface area contributed by atoms with Crippen molar-refractivity contribution < 1.29 is 14.7 Å². The van der Waals surface area contributed by atoms with Crippen molar-refractivity contribution in [3.63, 3.8) is 0 Å². The molecule has 1 amide bonds. The van der Waals surface area contributed by atoms with Crippen LogP contribution in [0.3, 0.4) is 0 Å². The van der Waals surface area contributed by atoms with Crippen molar-refractivity contribution in [3.05, 3.63) is 22.4 Å². The van der Waals surface area contributed by atoms with Gasteiger partial charge in [-0.25, -0.2) is 0 Å². The standard InChI is InChI=1S/C13H19NO3S/c1-4-9(2)14(7-12(15)16)13(17)10(3)11-5-6-18-8-11/h5-6,8-10H,4,7H2,1-3H3,(H,15,16)/t9-,10+/m1/s1. The Hall–Kier alpha value is -1.36. The van der Waals surface area contributed by atoms with E-state index in [0.717, 1.165) is 12.0 Å². The van der Waals surface area contributed by atoms with Gasteiger partial charge in [0.05, 0.1) is 5.92 Å². The van der Waals surface area contributed by atoms with E-state index in [4.69, 9.17) is 5.11 Å². The van der Waals surface area contributed by atoms with Crippen LogP contribution >= 0.6 is 11.3 Å². The van der Waals surface area contributed by atoms with Crippen molar-refractivity contribution in [2.75, 3.05) is 6.54 Å². The lowest BCUT2D eigenvalue weighted by Crippen LogP contribution is -2.43. The number of hydrogen-bond acceptors (Lipinski definition) is 3. The summed E-state index contributed by atoms with van der Waals surface area (Å²) in [5.41, 5.74) is 0.948. The van der Waals surface area contributed by atoms with Crippen molar-refractivity contribution in [1.29, 1.82) is 0 Å². The summed E-state index contributed by atoms with van der Waals surface area (Å²) in [6.07, 6.45) is 0.745. The van der Waals surface area contributed by atoms with Gasteiger partial charge in [-0.05, 0) is 42.7 Å². The zero-order chi connectivity index (χ0) is 13.7. The first-order valence-corrected chi connectivity index (χ1v) is 6.96. The Bertz CT molecular complexity index is 402. The van der Waals surface area contributed by atoms with E-state index in [1.165, 1.54) is 16.2 Å². The molecule has 0 spiro atoms. The Morgan fingerprint density at radius 3 is 2.56 bits per heavy atom. The van der Waals surface area contributed by atoms with Crippen LogP contribution in [0.25, 0.3) is 0 Å². The zero-order valence-corrected chi connectivity index (χ0v) is 11.7. The number of carbonyl (C=O) groups is 2. The minimum Gasteiger partial charge on any atom is -0.480 e. The summed E-state index contributed by atoms with van der Waals surface area (Å²) in [4.78, 5) is 24.6. The summed E-state index contributed by atoms with van der Waals surface area (Å²) in [7, 11) is 0. The van der Waals surface area contributed by atoms with Crippen LogP contribution in [0.2, 0.25) is 0 Å². The molecule has 1 heterocycles. The van der Waals surface area contributed by atoms with Crippen LogP contribution in [0, 0.1) is 0 Å². The van der Waals surface area contributed by atoms with Gasteiger partial charge >= 0.3 is 5.97 Å². The molecule has 0 unspecified atom stereocenters. The van der Waals surface area contributed by atoms with Gasteiger partial charge < -0.3 is 10.0 Å². The van der Waals surface area contributed by atoms with E-state index in [-0.39, 0.29) is 24.4 Å². The lowest BCUT2D eigenvalue weighted by Gasteiger charge is -2.29. The molecular weight excluding hydrogens is 250 g/mol. The van der Waals surface area contributed by atoms with Crippen LogP contribution in [0.4, 0.5) is 0 Å². The predicted octanol–water partition coefficient (Wildman–Crippen LogP) is 2.56. The number of carbonyl (C=O) groups excluding carboxylic acids is 1. The molecule has 4 nitrogen and oxygen atoms in total. The van der Waals surface area contributed by atoms with E-state index in [1.54, 1.807) is 0 Å². The van der Waals surface area contributed by atoms with E-state index >= 15 is 0 Å². The van der Waals surface area contributed by atoms with Gasteiger partial charge in [-0.3, -0.25) is 9.59 Å². The smallest absolute Gasteiger partial charge is 0.323 e. The van der Waals surface area contributed by atoms with Gasteiger partial charge in [0, 0.05) is 6.04 Å². The highest BCUT2D eigenvalue weighted by Crippen LogP contribution is 2.22. The summed E-state index contributed by atoms with van der Waals surface area (Å²) in [5.74, 6) is -1.38. The average molecular weight is 269 g/mol. The molecule has 0 aliphatic carbocycles. The van der Waals surface area contributed by atoms with Crippen LogP contribution in [0.1, 0.15) is 38.7 Å². The van der Waals surface area contributed by atoms with E-state index in [9.17, 15) is 9.59 Å². The van der Waals surface area contributed by atoms with Crippen molar-refractivity contribution in [1.82, 2.24) is 4.90 Å². The molecule has 2 atom stereocenters. The van der Waals surface area contributed by atoms with E-state index < -0.39 is 5.97 Å². The molecule has 0 aliphatic heterocycles. The largest absolute Gasteiger partial charge is 0.480 e. The second-order valence-corrected chi connectivity index (χ2v) is 5.18. The van der Waals surface area contributed by atoms with Gasteiger partial charge in [0.2, 0.25) is 5.91 Å². The number of nitrogens with zero attached hydrogens (tertiary/aromatic N) is 1. The first-order chi connectivity index (χ1) is 8.47. The van der Waals surface area contributed by atoms with Crippen LogP contribution in [0.15, 0.2) is 16.8 Å². The summed E-state index contributed by atoms with van der Waals surface area (Å²) >= 11 is 1.54. The van der Waals surface area contributed by atoms with Crippen molar-refractivity contribution in [3.8, 4) is 0 Å². The summed E-state index contributed by atoms with van der Waals surface area (Å²) < 4.78 is 0. The van der Waals surface area contributed by atoms with E-state index in [2.05, 4.69) is 0 Å². The van der Waals surface area contributed by atoms with Gasteiger partial charge in [-0.15, -0.1) is 0 Å². The van der Waals surface area contributed by atoms with Crippen molar-refractivity contribution in [2.45, 2.75) is 39.2 Å². The highest BCUT2D eigenvalue weighted by molar-refractivity contribution is 7.08. The van der Waals surface area contributed by atoms with Crippen molar-refractivity contribution in [2.24, 2.45) is 0 Å². The highest BCUT2D eigenvalue weighted by Gasteiger charge is 2.26. The molecule has 18 heavy (non-hydrogen) atoms. The van der Waals surface area contributed by atoms with Crippen LogP contribution in [-0.2, 0) is 9.59 Å². The molecular formula is C13H19NO3S. The maximum atomic E-state index is 12.3. The minimum absolute atomic E-state index is 0.0605. The normalized spacial score (nSPS) is 13.9. The number of thiophene rings is 1. The lowest BCUT2D eigenvalue weighted by molar-refractivity contribution is -0.146. The second kappa shape index (κ2) is 6.54. The fourth-order valence-electron chi connectivity index (χ4n) is 1.73. The van der Waals surface area contributed by atoms with Crippen LogP contribution in [-0.4, -0.2) is 34.5 Å².